The zero-order chi connectivity index (χ0) is 14.3. The third kappa shape index (κ3) is 2.35. The molecule has 0 bridgehead atoms. The lowest BCUT2D eigenvalue weighted by molar-refractivity contribution is 0.202. The van der Waals surface area contributed by atoms with Crippen molar-refractivity contribution < 1.29 is 9.53 Å². The number of hydrogen-bond donors (Lipinski definition) is 2. The molecule has 0 spiro atoms. The second kappa shape index (κ2) is 4.81. The highest BCUT2D eigenvalue weighted by Crippen LogP contribution is 2.38. The Morgan fingerprint density at radius 2 is 2.15 bits per heavy atom. The van der Waals surface area contributed by atoms with Crippen molar-refractivity contribution in [3.8, 4) is 5.75 Å². The number of rotatable bonds is 4. The van der Waals surface area contributed by atoms with E-state index in [1.165, 1.54) is 0 Å². The van der Waals surface area contributed by atoms with E-state index in [0.717, 1.165) is 24.2 Å². The molecule has 1 aromatic carbocycles. The molecule has 1 atom stereocenters. The molecule has 1 aliphatic carbocycles. The summed E-state index contributed by atoms with van der Waals surface area (Å²) in [6.45, 7) is 3.96. The van der Waals surface area contributed by atoms with Gasteiger partial charge in [-0.15, -0.1) is 0 Å². The van der Waals surface area contributed by atoms with Gasteiger partial charge >= 0.3 is 6.03 Å². The van der Waals surface area contributed by atoms with Crippen molar-refractivity contribution in [1.29, 1.82) is 5.41 Å². The molecule has 0 aromatic heterocycles. The summed E-state index contributed by atoms with van der Waals surface area (Å²) in [7, 11) is 0. The van der Waals surface area contributed by atoms with E-state index in [0.29, 0.717) is 0 Å². The van der Waals surface area contributed by atoms with E-state index in [-0.39, 0.29) is 30.1 Å². The Kier molecular flexibility index (Phi) is 3.12. The molecule has 1 saturated heterocycles. The number of carbonyl (C=O) groups excluding carboxylic acids is 1. The van der Waals surface area contributed by atoms with Crippen LogP contribution in [0.2, 0.25) is 0 Å². The fourth-order valence-corrected chi connectivity index (χ4v) is 2.59. The van der Waals surface area contributed by atoms with Crippen LogP contribution < -0.4 is 10.1 Å². The Balaban J connectivity index is 1.90. The van der Waals surface area contributed by atoms with Gasteiger partial charge in [0, 0.05) is 6.04 Å². The van der Waals surface area contributed by atoms with E-state index in [1.807, 2.05) is 38.1 Å². The van der Waals surface area contributed by atoms with E-state index in [1.54, 1.807) is 4.90 Å². The van der Waals surface area contributed by atoms with Crippen LogP contribution in [0.3, 0.4) is 0 Å². The number of urea groups is 1. The van der Waals surface area contributed by atoms with E-state index >= 15 is 0 Å². The van der Waals surface area contributed by atoms with Gasteiger partial charge in [0.2, 0.25) is 0 Å². The van der Waals surface area contributed by atoms with Crippen LogP contribution in [0, 0.1) is 5.41 Å². The summed E-state index contributed by atoms with van der Waals surface area (Å²) in [5.41, 5.74) is 0.929. The van der Waals surface area contributed by atoms with Crippen LogP contribution in [0.25, 0.3) is 0 Å². The standard InChI is InChI=1S/C15H19N3O2/c1-9(2)20-12-5-3-4-10(8-12)13-14(16)17-15(19)18(13)11-6-7-11/h3-5,8-9,11,13H,6-7H2,1-2H3,(H2,16,17,19). The van der Waals surface area contributed by atoms with Gasteiger partial charge in [0.25, 0.3) is 0 Å². The van der Waals surface area contributed by atoms with Gasteiger partial charge in [-0.25, -0.2) is 4.79 Å². The summed E-state index contributed by atoms with van der Waals surface area (Å²) in [6, 6.07) is 7.50. The molecule has 20 heavy (non-hydrogen) atoms. The van der Waals surface area contributed by atoms with Crippen molar-refractivity contribution in [1.82, 2.24) is 10.2 Å². The smallest absolute Gasteiger partial charge is 0.323 e. The number of carbonyl (C=O) groups is 1. The summed E-state index contributed by atoms with van der Waals surface area (Å²) < 4.78 is 5.69. The Bertz CT molecular complexity index is 552. The summed E-state index contributed by atoms with van der Waals surface area (Å²) in [5, 5.41) is 10.6. The van der Waals surface area contributed by atoms with Gasteiger partial charge in [-0.3, -0.25) is 10.7 Å². The first-order valence-corrected chi connectivity index (χ1v) is 7.00. The Hall–Kier alpha value is -2.04. The van der Waals surface area contributed by atoms with Crippen molar-refractivity contribution in [3.63, 3.8) is 0 Å². The summed E-state index contributed by atoms with van der Waals surface area (Å²) >= 11 is 0. The molecular formula is C15H19N3O2. The fraction of sp³-hybridized carbons (Fsp3) is 0.467. The average molecular weight is 273 g/mol. The lowest BCUT2D eigenvalue weighted by atomic mass is 10.1. The molecule has 5 nitrogen and oxygen atoms in total. The van der Waals surface area contributed by atoms with Crippen molar-refractivity contribution in [2.75, 3.05) is 0 Å². The molecular weight excluding hydrogens is 254 g/mol. The molecule has 0 radical (unpaired) electrons. The van der Waals surface area contributed by atoms with Crippen molar-refractivity contribution in [2.45, 2.75) is 44.9 Å². The SMILES string of the molecule is CC(C)Oc1cccc(C2C(=N)NC(=O)N2C2CC2)c1. The van der Waals surface area contributed by atoms with E-state index in [4.69, 9.17) is 10.1 Å². The molecule has 1 aromatic rings. The van der Waals surface area contributed by atoms with E-state index < -0.39 is 0 Å². The number of amides is 2. The first kappa shape index (κ1) is 13.0. The third-order valence-electron chi connectivity index (χ3n) is 3.51. The number of benzene rings is 1. The van der Waals surface area contributed by atoms with Gasteiger partial charge in [0.05, 0.1) is 6.10 Å². The largest absolute Gasteiger partial charge is 0.491 e. The Labute approximate surface area is 118 Å². The molecule has 1 unspecified atom stereocenters. The van der Waals surface area contributed by atoms with Gasteiger partial charge in [-0.2, -0.15) is 0 Å². The van der Waals surface area contributed by atoms with Gasteiger partial charge in [-0.05, 0) is 44.4 Å². The minimum atomic E-state index is -0.300. The van der Waals surface area contributed by atoms with Gasteiger partial charge in [0.15, 0.2) is 0 Å². The van der Waals surface area contributed by atoms with Crippen molar-refractivity contribution in [2.24, 2.45) is 0 Å². The number of amidine groups is 1. The summed E-state index contributed by atoms with van der Waals surface area (Å²) in [5.74, 6) is 1.03. The summed E-state index contributed by atoms with van der Waals surface area (Å²) in [6.07, 6.45) is 2.16. The number of ether oxygens (including phenoxy) is 1. The molecule has 1 saturated carbocycles. The lowest BCUT2D eigenvalue weighted by Gasteiger charge is -2.23. The van der Waals surface area contributed by atoms with Crippen LogP contribution in [0.15, 0.2) is 24.3 Å². The Morgan fingerprint density at radius 1 is 1.40 bits per heavy atom. The van der Waals surface area contributed by atoms with Crippen LogP contribution in [-0.4, -0.2) is 28.9 Å². The minimum Gasteiger partial charge on any atom is -0.491 e. The quantitative estimate of drug-likeness (QED) is 0.885. The normalized spacial score (nSPS) is 22.4. The monoisotopic (exact) mass is 273 g/mol. The molecule has 2 fully saturated rings. The molecule has 5 heteroatoms. The zero-order valence-electron chi connectivity index (χ0n) is 11.7. The molecule has 2 N–H and O–H groups in total. The molecule has 1 aliphatic heterocycles. The highest BCUT2D eigenvalue weighted by atomic mass is 16.5. The Morgan fingerprint density at radius 3 is 2.80 bits per heavy atom. The second-order valence-corrected chi connectivity index (χ2v) is 5.62. The highest BCUT2D eigenvalue weighted by Gasteiger charge is 2.45. The third-order valence-corrected chi connectivity index (χ3v) is 3.51. The highest BCUT2D eigenvalue weighted by molar-refractivity contribution is 6.06. The number of nitrogens with zero attached hydrogens (tertiary/aromatic N) is 1. The molecule has 2 amide bonds. The van der Waals surface area contributed by atoms with E-state index in [2.05, 4.69) is 5.32 Å². The van der Waals surface area contributed by atoms with Crippen LogP contribution in [0.5, 0.6) is 5.75 Å². The van der Waals surface area contributed by atoms with Crippen LogP contribution >= 0.6 is 0 Å². The van der Waals surface area contributed by atoms with Crippen LogP contribution in [0.1, 0.15) is 38.3 Å². The topological polar surface area (TPSA) is 65.4 Å². The second-order valence-electron chi connectivity index (χ2n) is 5.62. The maximum atomic E-state index is 12.0. The van der Waals surface area contributed by atoms with Gasteiger partial charge < -0.3 is 9.64 Å². The lowest BCUT2D eigenvalue weighted by Crippen LogP contribution is -2.31. The summed E-state index contributed by atoms with van der Waals surface area (Å²) in [4.78, 5) is 13.7. The van der Waals surface area contributed by atoms with Crippen LogP contribution in [0.4, 0.5) is 4.79 Å². The van der Waals surface area contributed by atoms with Crippen LogP contribution in [-0.2, 0) is 0 Å². The average Bonchev–Trinajstić information content (AvgIpc) is 3.14. The molecule has 2 aliphatic rings. The molecule has 106 valence electrons. The number of nitrogens with one attached hydrogen (secondary N) is 2. The fourth-order valence-electron chi connectivity index (χ4n) is 2.59. The predicted molar refractivity (Wildman–Crippen MR) is 76.1 cm³/mol. The van der Waals surface area contributed by atoms with Gasteiger partial charge in [-0.1, -0.05) is 12.1 Å². The van der Waals surface area contributed by atoms with Gasteiger partial charge in [0.1, 0.15) is 17.6 Å². The van der Waals surface area contributed by atoms with E-state index in [9.17, 15) is 4.79 Å². The first-order valence-electron chi connectivity index (χ1n) is 7.00. The van der Waals surface area contributed by atoms with Crippen molar-refractivity contribution in [3.05, 3.63) is 29.8 Å². The zero-order valence-corrected chi connectivity index (χ0v) is 11.7. The predicted octanol–water partition coefficient (Wildman–Crippen LogP) is 2.68. The maximum Gasteiger partial charge on any atom is 0.323 e. The minimum absolute atomic E-state index is 0.104. The first-order chi connectivity index (χ1) is 9.56. The molecule has 1 heterocycles. The maximum absolute atomic E-state index is 12.0. The molecule has 3 rings (SSSR count). The van der Waals surface area contributed by atoms with Crippen molar-refractivity contribution >= 4 is 11.9 Å². The number of hydrogen-bond acceptors (Lipinski definition) is 3.